The lowest BCUT2D eigenvalue weighted by molar-refractivity contribution is 0.0596. The largest absolute Gasteiger partial charge is 0.480 e. The lowest BCUT2D eigenvalue weighted by atomic mass is 10.1. The van der Waals surface area contributed by atoms with Crippen molar-refractivity contribution < 1.29 is 14.3 Å². The average Bonchev–Trinajstić information content (AvgIpc) is 3.08. The number of pyridine rings is 1. The van der Waals surface area contributed by atoms with Crippen molar-refractivity contribution in [1.82, 2.24) is 4.98 Å². The maximum atomic E-state index is 11.6. The van der Waals surface area contributed by atoms with Crippen LogP contribution in [0.4, 0.5) is 5.82 Å². The molecule has 3 rings (SSSR count). The molecule has 102 valence electrons. The van der Waals surface area contributed by atoms with Crippen molar-refractivity contribution in [2.75, 3.05) is 25.7 Å². The number of hydrogen-bond donors (Lipinski definition) is 0. The van der Waals surface area contributed by atoms with E-state index in [0.717, 1.165) is 18.3 Å². The van der Waals surface area contributed by atoms with Crippen molar-refractivity contribution >= 4 is 11.8 Å². The van der Waals surface area contributed by atoms with Gasteiger partial charge in [-0.3, -0.25) is 0 Å². The van der Waals surface area contributed by atoms with Gasteiger partial charge < -0.3 is 14.4 Å². The van der Waals surface area contributed by atoms with E-state index in [1.54, 1.807) is 6.07 Å². The summed E-state index contributed by atoms with van der Waals surface area (Å²) in [6, 6.07) is 4.22. The number of carbonyl (C=O) groups excluding carboxylic acids is 1. The van der Waals surface area contributed by atoms with Crippen LogP contribution in [0.15, 0.2) is 12.1 Å². The smallest absolute Gasteiger partial charge is 0.343 e. The summed E-state index contributed by atoms with van der Waals surface area (Å²) in [6.07, 6.45) is 3.84. The Morgan fingerprint density at radius 3 is 2.79 bits per heavy atom. The Morgan fingerprint density at radius 1 is 1.37 bits per heavy atom. The number of hydrogen-bond acceptors (Lipinski definition) is 5. The van der Waals surface area contributed by atoms with E-state index in [-0.39, 0.29) is 0 Å². The molecule has 1 aromatic heterocycles. The molecule has 2 aliphatic rings. The van der Waals surface area contributed by atoms with Gasteiger partial charge in [0.15, 0.2) is 0 Å². The maximum Gasteiger partial charge on any atom is 0.343 e. The third-order valence-electron chi connectivity index (χ3n) is 4.15. The van der Waals surface area contributed by atoms with Crippen LogP contribution in [0.3, 0.4) is 0 Å². The molecule has 2 bridgehead atoms. The maximum absolute atomic E-state index is 11.6. The molecule has 0 aromatic carbocycles. The minimum atomic E-state index is -0.418. The van der Waals surface area contributed by atoms with Gasteiger partial charge in [-0.1, -0.05) is 0 Å². The van der Waals surface area contributed by atoms with Crippen LogP contribution < -0.4 is 9.64 Å². The minimum Gasteiger partial charge on any atom is -0.480 e. The molecular formula is C14H18N2O3. The molecule has 0 radical (unpaired) electrons. The number of anilines is 1. The second-order valence-corrected chi connectivity index (χ2v) is 5.20. The third-order valence-corrected chi connectivity index (χ3v) is 4.15. The SMILES string of the molecule is COC(=O)c1ccc(N2CC3CCC2C3)nc1OC. The fourth-order valence-corrected chi connectivity index (χ4v) is 3.22. The Balaban J connectivity index is 1.89. The molecule has 0 N–H and O–H groups in total. The van der Waals surface area contributed by atoms with E-state index in [9.17, 15) is 4.79 Å². The second kappa shape index (κ2) is 4.72. The molecule has 1 aliphatic carbocycles. The Morgan fingerprint density at radius 2 is 2.21 bits per heavy atom. The molecule has 5 heteroatoms. The average molecular weight is 262 g/mol. The number of rotatable bonds is 3. The minimum absolute atomic E-state index is 0.340. The molecular weight excluding hydrogens is 244 g/mol. The molecule has 2 fully saturated rings. The molecule has 1 saturated heterocycles. The summed E-state index contributed by atoms with van der Waals surface area (Å²) in [5.41, 5.74) is 0.373. The van der Waals surface area contributed by atoms with Gasteiger partial charge in [0.2, 0.25) is 5.88 Å². The highest BCUT2D eigenvalue weighted by atomic mass is 16.5. The van der Waals surface area contributed by atoms with Gasteiger partial charge in [0.1, 0.15) is 11.4 Å². The molecule has 0 spiro atoms. The predicted octanol–water partition coefficient (Wildman–Crippen LogP) is 1.87. The molecule has 2 unspecified atom stereocenters. The van der Waals surface area contributed by atoms with Crippen molar-refractivity contribution in [2.45, 2.75) is 25.3 Å². The van der Waals surface area contributed by atoms with Gasteiger partial charge in [0.05, 0.1) is 14.2 Å². The summed E-state index contributed by atoms with van der Waals surface area (Å²) in [5, 5.41) is 0. The van der Waals surface area contributed by atoms with E-state index in [0.29, 0.717) is 17.5 Å². The molecule has 2 atom stereocenters. The Kier molecular flexibility index (Phi) is 3.05. The highest BCUT2D eigenvalue weighted by molar-refractivity contribution is 5.92. The van der Waals surface area contributed by atoms with E-state index >= 15 is 0 Å². The van der Waals surface area contributed by atoms with Crippen LogP contribution in [0.25, 0.3) is 0 Å². The van der Waals surface area contributed by atoms with E-state index < -0.39 is 5.97 Å². The van der Waals surface area contributed by atoms with E-state index in [4.69, 9.17) is 9.47 Å². The van der Waals surface area contributed by atoms with Crippen molar-refractivity contribution in [3.63, 3.8) is 0 Å². The van der Waals surface area contributed by atoms with Crippen molar-refractivity contribution in [1.29, 1.82) is 0 Å². The zero-order chi connectivity index (χ0) is 13.4. The summed E-state index contributed by atoms with van der Waals surface area (Å²) >= 11 is 0. The number of esters is 1. The van der Waals surface area contributed by atoms with Crippen LogP contribution in [0.2, 0.25) is 0 Å². The summed E-state index contributed by atoms with van der Waals surface area (Å²) in [7, 11) is 2.88. The highest BCUT2D eigenvalue weighted by Crippen LogP contribution is 2.40. The Hall–Kier alpha value is -1.78. The summed E-state index contributed by atoms with van der Waals surface area (Å²) < 4.78 is 9.93. The Labute approximate surface area is 112 Å². The normalized spacial score (nSPS) is 24.6. The topological polar surface area (TPSA) is 51.7 Å². The zero-order valence-corrected chi connectivity index (χ0v) is 11.3. The lowest BCUT2D eigenvalue weighted by Gasteiger charge is -2.28. The number of piperidine rings is 1. The number of aromatic nitrogens is 1. The van der Waals surface area contributed by atoms with Gasteiger partial charge in [0.25, 0.3) is 0 Å². The van der Waals surface area contributed by atoms with Crippen LogP contribution >= 0.6 is 0 Å². The summed E-state index contributed by atoms with van der Waals surface area (Å²) in [5.74, 6) is 1.63. The summed E-state index contributed by atoms with van der Waals surface area (Å²) in [4.78, 5) is 18.4. The monoisotopic (exact) mass is 262 g/mol. The first-order chi connectivity index (χ1) is 9.22. The number of fused-ring (bicyclic) bond motifs is 2. The highest BCUT2D eigenvalue weighted by Gasteiger charge is 2.38. The molecule has 5 nitrogen and oxygen atoms in total. The van der Waals surface area contributed by atoms with Crippen LogP contribution in [0.1, 0.15) is 29.6 Å². The predicted molar refractivity (Wildman–Crippen MR) is 70.6 cm³/mol. The van der Waals surface area contributed by atoms with E-state index in [2.05, 4.69) is 9.88 Å². The number of nitrogens with zero attached hydrogens (tertiary/aromatic N) is 2. The van der Waals surface area contributed by atoms with Gasteiger partial charge in [-0.05, 0) is 37.3 Å². The number of carbonyl (C=O) groups is 1. The van der Waals surface area contributed by atoms with E-state index in [1.807, 2.05) is 6.07 Å². The molecule has 0 amide bonds. The molecule has 1 aliphatic heterocycles. The number of methoxy groups -OCH3 is 2. The molecule has 2 heterocycles. The fraction of sp³-hybridized carbons (Fsp3) is 0.571. The quantitative estimate of drug-likeness (QED) is 0.778. The zero-order valence-electron chi connectivity index (χ0n) is 11.3. The van der Waals surface area contributed by atoms with Gasteiger partial charge in [-0.25, -0.2) is 4.79 Å². The fourth-order valence-electron chi connectivity index (χ4n) is 3.22. The first-order valence-corrected chi connectivity index (χ1v) is 6.63. The first-order valence-electron chi connectivity index (χ1n) is 6.63. The third kappa shape index (κ3) is 2.03. The molecule has 1 aromatic rings. The number of ether oxygens (including phenoxy) is 2. The Bertz CT molecular complexity index is 503. The van der Waals surface area contributed by atoms with Gasteiger partial charge in [0, 0.05) is 12.6 Å². The first kappa shape index (κ1) is 12.3. The van der Waals surface area contributed by atoms with Gasteiger partial charge >= 0.3 is 5.97 Å². The van der Waals surface area contributed by atoms with Crippen LogP contribution in [-0.2, 0) is 4.74 Å². The van der Waals surface area contributed by atoms with Crippen LogP contribution in [0, 0.1) is 5.92 Å². The van der Waals surface area contributed by atoms with E-state index in [1.165, 1.54) is 33.5 Å². The molecule has 1 saturated carbocycles. The van der Waals surface area contributed by atoms with Crippen LogP contribution in [-0.4, -0.2) is 37.8 Å². The van der Waals surface area contributed by atoms with Gasteiger partial charge in [-0.15, -0.1) is 0 Å². The standard InChI is InChI=1S/C14H18N2O3/c1-18-13-11(14(17)19-2)5-6-12(15-13)16-8-9-3-4-10(16)7-9/h5-6,9-10H,3-4,7-8H2,1-2H3. The van der Waals surface area contributed by atoms with Crippen molar-refractivity contribution in [3.8, 4) is 5.88 Å². The molecule has 19 heavy (non-hydrogen) atoms. The van der Waals surface area contributed by atoms with Crippen molar-refractivity contribution in [2.24, 2.45) is 5.92 Å². The summed E-state index contributed by atoms with van der Waals surface area (Å²) in [6.45, 7) is 1.07. The van der Waals surface area contributed by atoms with Crippen molar-refractivity contribution in [3.05, 3.63) is 17.7 Å². The second-order valence-electron chi connectivity index (χ2n) is 5.20. The van der Waals surface area contributed by atoms with Crippen LogP contribution in [0.5, 0.6) is 5.88 Å². The van der Waals surface area contributed by atoms with Gasteiger partial charge in [-0.2, -0.15) is 4.98 Å². The lowest BCUT2D eigenvalue weighted by Crippen LogP contribution is -2.32.